The van der Waals surface area contributed by atoms with Crippen molar-refractivity contribution < 1.29 is 14.9 Å². The number of aromatic nitrogens is 2. The lowest BCUT2D eigenvalue weighted by Gasteiger charge is -2.17. The van der Waals surface area contributed by atoms with E-state index in [1.54, 1.807) is 0 Å². The van der Waals surface area contributed by atoms with Gasteiger partial charge in [-0.15, -0.1) is 0 Å². The van der Waals surface area contributed by atoms with Crippen molar-refractivity contribution in [3.05, 3.63) is 32.5 Å². The molecule has 0 saturated heterocycles. The molecule has 0 aliphatic heterocycles. The highest BCUT2D eigenvalue weighted by molar-refractivity contribution is 14.1. The molecule has 0 radical (unpaired) electrons. The van der Waals surface area contributed by atoms with Crippen LogP contribution in [0.1, 0.15) is 25.3 Å². The van der Waals surface area contributed by atoms with E-state index in [1.807, 2.05) is 26.0 Å². The van der Waals surface area contributed by atoms with Crippen LogP contribution in [0.2, 0.25) is 5.02 Å². The zero-order chi connectivity index (χ0) is 18.6. The minimum atomic E-state index is -0.559. The second-order valence-electron chi connectivity index (χ2n) is 5.71. The molecule has 2 rings (SSSR count). The molecule has 0 bridgehead atoms. The summed E-state index contributed by atoms with van der Waals surface area (Å²) in [7, 11) is 0. The fourth-order valence-corrected chi connectivity index (χ4v) is 2.68. The van der Waals surface area contributed by atoms with Gasteiger partial charge in [0.1, 0.15) is 5.75 Å². The molecule has 7 nitrogen and oxygen atoms in total. The predicted molar refractivity (Wildman–Crippen MR) is 106 cm³/mol. The summed E-state index contributed by atoms with van der Waals surface area (Å²) in [5.41, 5.74) is 6.90. The number of nitrogens with zero attached hydrogens (tertiary/aromatic N) is 2. The molecule has 1 aromatic carbocycles. The highest BCUT2D eigenvalue weighted by Crippen LogP contribution is 2.36. The minimum absolute atomic E-state index is 0.145. The summed E-state index contributed by atoms with van der Waals surface area (Å²) < 4.78 is 6.78. The maximum atomic E-state index is 9.09. The van der Waals surface area contributed by atoms with E-state index in [9.17, 15) is 0 Å². The number of nitrogen functional groups attached to an aromatic ring is 1. The number of hydrogen-bond donors (Lipinski definition) is 4. The molecule has 9 heteroatoms. The van der Waals surface area contributed by atoms with Crippen molar-refractivity contribution in [2.24, 2.45) is 0 Å². The van der Waals surface area contributed by atoms with E-state index in [0.717, 1.165) is 9.13 Å². The van der Waals surface area contributed by atoms with Crippen LogP contribution in [0.25, 0.3) is 0 Å². The first-order valence-corrected chi connectivity index (χ1v) is 9.08. The predicted octanol–water partition coefficient (Wildman–Crippen LogP) is 3.00. The molecule has 0 aliphatic carbocycles. The van der Waals surface area contributed by atoms with Crippen molar-refractivity contribution in [3.63, 3.8) is 0 Å². The van der Waals surface area contributed by atoms with Gasteiger partial charge in [0.2, 0.25) is 5.95 Å². The number of rotatable bonds is 7. The number of nitrogens with one attached hydrogen (secondary N) is 1. The molecule has 1 heterocycles. The summed E-state index contributed by atoms with van der Waals surface area (Å²) >= 11 is 8.34. The summed E-state index contributed by atoms with van der Waals surface area (Å²) in [4.78, 5) is 8.21. The molecule has 0 spiro atoms. The first-order valence-electron chi connectivity index (χ1n) is 7.63. The number of ether oxygens (including phenoxy) is 1. The Labute approximate surface area is 164 Å². The van der Waals surface area contributed by atoms with E-state index in [0.29, 0.717) is 16.5 Å². The van der Waals surface area contributed by atoms with Crippen molar-refractivity contribution in [1.82, 2.24) is 9.97 Å². The Kier molecular flexibility index (Phi) is 7.05. The smallest absolute Gasteiger partial charge is 0.225 e. The molecule has 1 aromatic heterocycles. The molecular weight excluding hydrogens is 459 g/mol. The molecule has 5 N–H and O–H groups in total. The Morgan fingerprint density at radius 1 is 1.28 bits per heavy atom. The Morgan fingerprint density at radius 3 is 2.52 bits per heavy atom. The van der Waals surface area contributed by atoms with E-state index in [2.05, 4.69) is 37.9 Å². The fourth-order valence-electron chi connectivity index (χ4n) is 2.07. The van der Waals surface area contributed by atoms with Crippen LogP contribution in [0.5, 0.6) is 11.5 Å². The maximum absolute atomic E-state index is 9.09. The summed E-state index contributed by atoms with van der Waals surface area (Å²) in [5, 5.41) is 21.6. The standard InChI is InChI=1S/C16H20ClIN4O3/c1-8(2)10-3-11(17)12(18)4-13(10)25-14-5-20-16(22-15(14)19)21-9(6-23)7-24/h3-5,8-9,23-24H,6-7H2,1-2H3,(H3,19,20,21,22). The average molecular weight is 479 g/mol. The van der Waals surface area contributed by atoms with Crippen LogP contribution >= 0.6 is 34.2 Å². The molecule has 0 atom stereocenters. The second kappa shape index (κ2) is 8.84. The lowest BCUT2D eigenvalue weighted by Crippen LogP contribution is -2.28. The average Bonchev–Trinajstić information content (AvgIpc) is 2.57. The Balaban J connectivity index is 2.28. The minimum Gasteiger partial charge on any atom is -0.452 e. The van der Waals surface area contributed by atoms with Gasteiger partial charge in [0.15, 0.2) is 11.6 Å². The number of aliphatic hydroxyl groups excluding tert-OH is 2. The molecule has 25 heavy (non-hydrogen) atoms. The number of aliphatic hydroxyl groups is 2. The molecule has 0 aliphatic rings. The number of nitrogens with two attached hydrogens (primary N) is 1. The molecule has 0 amide bonds. The second-order valence-corrected chi connectivity index (χ2v) is 7.28. The molecule has 2 aromatic rings. The molecule has 0 unspecified atom stereocenters. The molecule has 136 valence electrons. The van der Waals surface area contributed by atoms with E-state index < -0.39 is 6.04 Å². The largest absolute Gasteiger partial charge is 0.452 e. The normalized spacial score (nSPS) is 11.2. The number of benzene rings is 1. The van der Waals surface area contributed by atoms with E-state index in [4.69, 9.17) is 32.3 Å². The third-order valence-electron chi connectivity index (χ3n) is 3.45. The van der Waals surface area contributed by atoms with E-state index in [1.165, 1.54) is 6.20 Å². The van der Waals surface area contributed by atoms with Gasteiger partial charge in [-0.2, -0.15) is 4.98 Å². The lowest BCUT2D eigenvalue weighted by molar-refractivity contribution is 0.203. The highest BCUT2D eigenvalue weighted by Gasteiger charge is 2.15. The van der Waals surface area contributed by atoms with Gasteiger partial charge in [0.25, 0.3) is 0 Å². The van der Waals surface area contributed by atoms with Crippen LogP contribution < -0.4 is 15.8 Å². The maximum Gasteiger partial charge on any atom is 0.225 e. The fraction of sp³-hybridized carbons (Fsp3) is 0.375. The first kappa shape index (κ1) is 20.0. The van der Waals surface area contributed by atoms with Gasteiger partial charge < -0.3 is 26.0 Å². The first-order chi connectivity index (χ1) is 11.8. The third kappa shape index (κ3) is 5.06. The van der Waals surface area contributed by atoms with E-state index >= 15 is 0 Å². The van der Waals surface area contributed by atoms with Crippen LogP contribution in [0.15, 0.2) is 18.3 Å². The lowest BCUT2D eigenvalue weighted by atomic mass is 10.0. The number of halogens is 2. The van der Waals surface area contributed by atoms with Gasteiger partial charge >= 0.3 is 0 Å². The summed E-state index contributed by atoms with van der Waals surface area (Å²) in [6.45, 7) is 3.59. The van der Waals surface area contributed by atoms with Crippen LogP contribution in [0.3, 0.4) is 0 Å². The van der Waals surface area contributed by atoms with Crippen molar-refractivity contribution in [2.45, 2.75) is 25.8 Å². The Hall–Kier alpha value is -1.36. The van der Waals surface area contributed by atoms with Crippen molar-refractivity contribution in [1.29, 1.82) is 0 Å². The van der Waals surface area contributed by atoms with E-state index in [-0.39, 0.29) is 30.9 Å². The number of anilines is 2. The zero-order valence-electron chi connectivity index (χ0n) is 13.8. The summed E-state index contributed by atoms with van der Waals surface area (Å²) in [6, 6.07) is 3.16. The van der Waals surface area contributed by atoms with Gasteiger partial charge in [-0.1, -0.05) is 25.4 Å². The Bertz CT molecular complexity index is 742. The summed E-state index contributed by atoms with van der Waals surface area (Å²) in [5.74, 6) is 1.51. The van der Waals surface area contributed by atoms with Crippen LogP contribution in [0.4, 0.5) is 11.8 Å². The van der Waals surface area contributed by atoms with Crippen LogP contribution in [-0.2, 0) is 0 Å². The summed E-state index contributed by atoms with van der Waals surface area (Å²) in [6.07, 6.45) is 1.45. The van der Waals surface area contributed by atoms with Crippen molar-refractivity contribution in [3.8, 4) is 11.5 Å². The van der Waals surface area contributed by atoms with Gasteiger partial charge in [0, 0.05) is 3.57 Å². The topological polar surface area (TPSA) is 114 Å². The number of hydrogen-bond acceptors (Lipinski definition) is 7. The van der Waals surface area contributed by atoms with Crippen LogP contribution in [-0.4, -0.2) is 39.4 Å². The third-order valence-corrected chi connectivity index (χ3v) is 4.98. The highest BCUT2D eigenvalue weighted by atomic mass is 127. The van der Waals surface area contributed by atoms with Crippen LogP contribution in [0, 0.1) is 3.57 Å². The SMILES string of the molecule is CC(C)c1cc(Cl)c(I)cc1Oc1cnc(NC(CO)CO)nc1N. The monoisotopic (exact) mass is 478 g/mol. The van der Waals surface area contributed by atoms with Crippen molar-refractivity contribution in [2.75, 3.05) is 24.3 Å². The van der Waals surface area contributed by atoms with Crippen molar-refractivity contribution >= 4 is 46.0 Å². The molecule has 0 saturated carbocycles. The zero-order valence-corrected chi connectivity index (χ0v) is 16.7. The van der Waals surface area contributed by atoms with Gasteiger partial charge in [-0.3, -0.25) is 0 Å². The molecular formula is C16H20ClIN4O3. The van der Waals surface area contributed by atoms with Gasteiger partial charge in [0.05, 0.1) is 30.5 Å². The van der Waals surface area contributed by atoms with Gasteiger partial charge in [-0.05, 0) is 46.2 Å². The molecule has 0 fully saturated rings. The Morgan fingerprint density at radius 2 is 1.96 bits per heavy atom. The quantitative estimate of drug-likeness (QED) is 0.452. The van der Waals surface area contributed by atoms with Gasteiger partial charge in [-0.25, -0.2) is 4.98 Å².